The molecular formula is C17H20O3Se. The number of esters is 1. The number of ether oxygens (including phenoxy) is 2. The fraction of sp³-hybridized carbons (Fsp3) is 0.471. The minimum absolute atomic E-state index is 0.0871. The number of rotatable bonds is 3. The molecule has 0 saturated carbocycles. The summed E-state index contributed by atoms with van der Waals surface area (Å²) in [4.78, 5) is 12.5. The van der Waals surface area contributed by atoms with Crippen LogP contribution >= 0.6 is 0 Å². The molecule has 0 unspecified atom stereocenters. The SMILES string of the molecule is C/C=C/[C@@H]1OC[C@@H]([Se]c2ccccc2)C[C@H]2COC(=O)[C@@H]21. The van der Waals surface area contributed by atoms with E-state index in [9.17, 15) is 4.79 Å². The fourth-order valence-corrected chi connectivity index (χ4v) is 5.56. The van der Waals surface area contributed by atoms with Gasteiger partial charge in [-0.25, -0.2) is 0 Å². The quantitative estimate of drug-likeness (QED) is 0.475. The number of hydrogen-bond acceptors (Lipinski definition) is 3. The summed E-state index contributed by atoms with van der Waals surface area (Å²) in [5, 5.41) is 0. The number of hydrogen-bond donors (Lipinski definition) is 0. The number of carbonyl (C=O) groups excluding carboxylic acids is 1. The van der Waals surface area contributed by atoms with Crippen LogP contribution < -0.4 is 4.46 Å². The van der Waals surface area contributed by atoms with Crippen molar-refractivity contribution in [3.05, 3.63) is 42.5 Å². The van der Waals surface area contributed by atoms with Crippen molar-refractivity contribution < 1.29 is 14.3 Å². The van der Waals surface area contributed by atoms with Crippen LogP contribution in [0.3, 0.4) is 0 Å². The number of fused-ring (bicyclic) bond motifs is 1. The van der Waals surface area contributed by atoms with Gasteiger partial charge >= 0.3 is 131 Å². The summed E-state index contributed by atoms with van der Waals surface area (Å²) in [7, 11) is 0. The van der Waals surface area contributed by atoms with Crippen molar-refractivity contribution in [1.82, 2.24) is 0 Å². The first kappa shape index (κ1) is 14.8. The molecule has 0 spiro atoms. The van der Waals surface area contributed by atoms with Crippen molar-refractivity contribution in [3.8, 4) is 0 Å². The molecule has 2 aliphatic heterocycles. The third-order valence-corrected chi connectivity index (χ3v) is 6.57. The van der Waals surface area contributed by atoms with E-state index in [4.69, 9.17) is 9.47 Å². The van der Waals surface area contributed by atoms with E-state index in [1.807, 2.05) is 25.1 Å². The van der Waals surface area contributed by atoms with Crippen LogP contribution in [0.4, 0.5) is 0 Å². The zero-order valence-electron chi connectivity index (χ0n) is 12.1. The summed E-state index contributed by atoms with van der Waals surface area (Å²) < 4.78 is 12.7. The second-order valence-corrected chi connectivity index (χ2v) is 8.41. The van der Waals surface area contributed by atoms with Crippen LogP contribution in [0.1, 0.15) is 13.3 Å². The molecule has 2 aliphatic rings. The first-order chi connectivity index (χ1) is 10.3. The summed E-state index contributed by atoms with van der Waals surface area (Å²) in [6, 6.07) is 10.6. The summed E-state index contributed by atoms with van der Waals surface area (Å²) in [6.45, 7) is 3.27. The predicted octanol–water partition coefficient (Wildman–Crippen LogP) is 1.96. The molecule has 3 nitrogen and oxygen atoms in total. The van der Waals surface area contributed by atoms with E-state index in [0.717, 1.165) is 13.0 Å². The zero-order valence-corrected chi connectivity index (χ0v) is 13.8. The van der Waals surface area contributed by atoms with Crippen molar-refractivity contribution in [1.29, 1.82) is 0 Å². The van der Waals surface area contributed by atoms with Gasteiger partial charge in [0.1, 0.15) is 0 Å². The monoisotopic (exact) mass is 352 g/mol. The summed E-state index contributed by atoms with van der Waals surface area (Å²) >= 11 is 0.377. The van der Waals surface area contributed by atoms with Gasteiger partial charge in [0.25, 0.3) is 0 Å². The van der Waals surface area contributed by atoms with E-state index in [0.29, 0.717) is 32.3 Å². The molecule has 0 aromatic heterocycles. The van der Waals surface area contributed by atoms with Crippen molar-refractivity contribution in [2.24, 2.45) is 11.8 Å². The zero-order chi connectivity index (χ0) is 14.7. The predicted molar refractivity (Wildman–Crippen MR) is 82.7 cm³/mol. The number of cyclic esters (lactones) is 1. The normalized spacial score (nSPS) is 32.7. The van der Waals surface area contributed by atoms with Crippen molar-refractivity contribution in [2.75, 3.05) is 13.2 Å². The van der Waals surface area contributed by atoms with E-state index >= 15 is 0 Å². The molecule has 2 fully saturated rings. The molecule has 0 bridgehead atoms. The van der Waals surface area contributed by atoms with Crippen molar-refractivity contribution in [2.45, 2.75) is 24.3 Å². The van der Waals surface area contributed by atoms with E-state index < -0.39 is 0 Å². The van der Waals surface area contributed by atoms with Gasteiger partial charge in [0.2, 0.25) is 0 Å². The van der Waals surface area contributed by atoms with E-state index in [1.54, 1.807) is 0 Å². The molecule has 3 rings (SSSR count). The van der Waals surface area contributed by atoms with Crippen LogP contribution in [0.5, 0.6) is 0 Å². The van der Waals surface area contributed by atoms with Gasteiger partial charge in [0.15, 0.2) is 0 Å². The van der Waals surface area contributed by atoms with Gasteiger partial charge in [-0.2, -0.15) is 0 Å². The average molecular weight is 351 g/mol. The van der Waals surface area contributed by atoms with Gasteiger partial charge in [-0.05, 0) is 0 Å². The van der Waals surface area contributed by atoms with Crippen molar-refractivity contribution in [3.63, 3.8) is 0 Å². The van der Waals surface area contributed by atoms with Crippen LogP contribution in [0.2, 0.25) is 4.82 Å². The van der Waals surface area contributed by atoms with Gasteiger partial charge in [-0.3, -0.25) is 0 Å². The maximum absolute atomic E-state index is 12.0. The van der Waals surface area contributed by atoms with Crippen LogP contribution in [-0.2, 0) is 14.3 Å². The topological polar surface area (TPSA) is 35.5 Å². The Bertz CT molecular complexity index is 514. The van der Waals surface area contributed by atoms with Crippen LogP contribution in [0, 0.1) is 11.8 Å². The minimum atomic E-state index is -0.119. The Balaban J connectivity index is 1.74. The third-order valence-electron chi connectivity index (χ3n) is 4.04. The van der Waals surface area contributed by atoms with Gasteiger partial charge < -0.3 is 0 Å². The molecule has 0 N–H and O–H groups in total. The Morgan fingerprint density at radius 2 is 2.05 bits per heavy atom. The molecule has 0 amide bonds. The molecule has 112 valence electrons. The Labute approximate surface area is 131 Å². The molecule has 1 aromatic rings. The van der Waals surface area contributed by atoms with Gasteiger partial charge in [0.05, 0.1) is 0 Å². The Hall–Kier alpha value is -1.09. The first-order valence-corrected chi connectivity index (χ1v) is 9.25. The van der Waals surface area contributed by atoms with E-state index in [1.165, 1.54) is 4.46 Å². The first-order valence-electron chi connectivity index (χ1n) is 7.40. The Kier molecular flexibility index (Phi) is 4.79. The molecule has 0 aliphatic carbocycles. The summed E-state index contributed by atoms with van der Waals surface area (Å²) in [6.07, 6.45) is 4.88. The number of benzene rings is 1. The van der Waals surface area contributed by atoms with Gasteiger partial charge in [0, 0.05) is 0 Å². The van der Waals surface area contributed by atoms with Gasteiger partial charge in [-0.15, -0.1) is 0 Å². The average Bonchev–Trinajstić information content (AvgIpc) is 2.76. The van der Waals surface area contributed by atoms with Crippen LogP contribution in [0.25, 0.3) is 0 Å². The Morgan fingerprint density at radius 3 is 2.81 bits per heavy atom. The molecule has 4 heteroatoms. The molecule has 2 heterocycles. The maximum atomic E-state index is 12.0. The van der Waals surface area contributed by atoms with Gasteiger partial charge in [-0.1, -0.05) is 0 Å². The van der Waals surface area contributed by atoms with Crippen LogP contribution in [-0.4, -0.2) is 40.2 Å². The summed E-state index contributed by atoms with van der Waals surface area (Å²) in [5.74, 6) is 0.102. The number of carbonyl (C=O) groups is 1. The standard InChI is InChI=1S/C17H20O3Se/c1-2-6-15-16-12(10-20-17(16)18)9-14(11-19-15)21-13-7-4-3-5-8-13/h2-8,12,14-16H,9-11H2,1H3/b6-2+/t12-,14-,15-,16-/m0/s1. The molecule has 0 radical (unpaired) electrons. The second-order valence-electron chi connectivity index (χ2n) is 5.53. The van der Waals surface area contributed by atoms with Crippen molar-refractivity contribution >= 4 is 25.4 Å². The molecular weight excluding hydrogens is 331 g/mol. The van der Waals surface area contributed by atoms with Crippen LogP contribution in [0.15, 0.2) is 42.5 Å². The molecule has 4 atom stereocenters. The molecule has 1 aromatic carbocycles. The fourth-order valence-electron chi connectivity index (χ4n) is 3.06. The Morgan fingerprint density at radius 1 is 1.24 bits per heavy atom. The molecule has 2 saturated heterocycles. The third kappa shape index (κ3) is 3.39. The van der Waals surface area contributed by atoms with E-state index in [2.05, 4.69) is 24.3 Å². The van der Waals surface area contributed by atoms with E-state index in [-0.39, 0.29) is 18.0 Å². The second kappa shape index (κ2) is 6.78. The summed E-state index contributed by atoms with van der Waals surface area (Å²) in [5.41, 5.74) is 0. The number of allylic oxidation sites excluding steroid dienone is 1. The molecule has 21 heavy (non-hydrogen) atoms.